The van der Waals surface area contributed by atoms with E-state index in [1.54, 1.807) is 12.1 Å². The maximum absolute atomic E-state index is 6.18. The molecule has 2 N–H and O–H groups in total. The Hall–Kier alpha value is -0.250. The predicted octanol–water partition coefficient (Wildman–Crippen LogP) is 5.65. The SMILES string of the molecule is NC(Cc1ccc(Br)cc1Cl)c1ccc(Cl)c(Cl)c1. The smallest absolute Gasteiger partial charge is 0.0595 e. The van der Waals surface area contributed by atoms with Gasteiger partial charge in [0.1, 0.15) is 0 Å². The first-order valence-electron chi connectivity index (χ1n) is 5.62. The number of benzene rings is 2. The summed E-state index contributed by atoms with van der Waals surface area (Å²) in [4.78, 5) is 0. The standard InChI is InChI=1S/C14H11BrCl3N/c15-10-3-1-8(12(17)7-10)6-14(19)9-2-4-11(16)13(18)5-9/h1-5,7,14H,6,19H2. The predicted molar refractivity (Wildman–Crippen MR) is 86.2 cm³/mol. The Bertz CT molecular complexity index is 601. The lowest BCUT2D eigenvalue weighted by molar-refractivity contribution is 0.722. The molecule has 0 radical (unpaired) electrons. The van der Waals surface area contributed by atoms with Crippen molar-refractivity contribution < 1.29 is 0 Å². The Morgan fingerprint density at radius 2 is 1.68 bits per heavy atom. The lowest BCUT2D eigenvalue weighted by atomic mass is 10.00. The molecule has 0 aliphatic carbocycles. The maximum Gasteiger partial charge on any atom is 0.0595 e. The van der Waals surface area contributed by atoms with Crippen molar-refractivity contribution in [2.75, 3.05) is 0 Å². The normalized spacial score (nSPS) is 12.5. The molecule has 0 heterocycles. The highest BCUT2D eigenvalue weighted by Gasteiger charge is 2.11. The van der Waals surface area contributed by atoms with Crippen LogP contribution >= 0.6 is 50.7 Å². The van der Waals surface area contributed by atoms with E-state index in [2.05, 4.69) is 15.9 Å². The molecule has 0 spiro atoms. The molecule has 19 heavy (non-hydrogen) atoms. The minimum atomic E-state index is -0.173. The van der Waals surface area contributed by atoms with Gasteiger partial charge in [-0.3, -0.25) is 0 Å². The van der Waals surface area contributed by atoms with Crippen molar-refractivity contribution in [2.45, 2.75) is 12.5 Å². The molecule has 0 aliphatic heterocycles. The number of hydrogen-bond donors (Lipinski definition) is 1. The summed E-state index contributed by atoms with van der Waals surface area (Å²) < 4.78 is 0.948. The Kier molecular flexibility index (Phi) is 5.15. The van der Waals surface area contributed by atoms with Crippen molar-refractivity contribution in [1.82, 2.24) is 0 Å². The second-order valence-electron chi connectivity index (χ2n) is 4.22. The second-order valence-corrected chi connectivity index (χ2v) is 6.36. The van der Waals surface area contributed by atoms with Crippen LogP contribution in [0.15, 0.2) is 40.9 Å². The molecule has 1 nitrogen and oxygen atoms in total. The van der Waals surface area contributed by atoms with Gasteiger partial charge in [0.05, 0.1) is 10.0 Å². The molecule has 100 valence electrons. The minimum absolute atomic E-state index is 0.173. The van der Waals surface area contributed by atoms with Crippen LogP contribution in [0.4, 0.5) is 0 Å². The fourth-order valence-corrected chi connectivity index (χ4v) is 2.84. The summed E-state index contributed by atoms with van der Waals surface area (Å²) >= 11 is 21.4. The van der Waals surface area contributed by atoms with E-state index in [-0.39, 0.29) is 6.04 Å². The van der Waals surface area contributed by atoms with Crippen LogP contribution in [0.2, 0.25) is 15.1 Å². The first-order chi connectivity index (χ1) is 8.97. The van der Waals surface area contributed by atoms with Gasteiger partial charge in [-0.05, 0) is 41.8 Å². The van der Waals surface area contributed by atoms with E-state index in [0.29, 0.717) is 21.5 Å². The summed E-state index contributed by atoms with van der Waals surface area (Å²) in [5.41, 5.74) is 8.12. The average molecular weight is 380 g/mol. The van der Waals surface area contributed by atoms with Crippen LogP contribution in [0.3, 0.4) is 0 Å². The van der Waals surface area contributed by atoms with Gasteiger partial charge in [-0.2, -0.15) is 0 Å². The molecule has 0 saturated heterocycles. The van der Waals surface area contributed by atoms with E-state index in [0.717, 1.165) is 15.6 Å². The summed E-state index contributed by atoms with van der Waals surface area (Å²) in [6, 6.07) is 11.0. The van der Waals surface area contributed by atoms with Crippen LogP contribution in [0.5, 0.6) is 0 Å². The lowest BCUT2D eigenvalue weighted by Crippen LogP contribution is -2.13. The Morgan fingerprint density at radius 1 is 0.947 bits per heavy atom. The number of halogens is 4. The zero-order chi connectivity index (χ0) is 14.0. The summed E-state index contributed by atoms with van der Waals surface area (Å²) in [7, 11) is 0. The first-order valence-corrected chi connectivity index (χ1v) is 7.54. The molecule has 0 saturated carbocycles. The van der Waals surface area contributed by atoms with Gasteiger partial charge in [-0.25, -0.2) is 0 Å². The van der Waals surface area contributed by atoms with E-state index >= 15 is 0 Å². The van der Waals surface area contributed by atoms with E-state index in [4.69, 9.17) is 40.5 Å². The van der Waals surface area contributed by atoms with Gasteiger partial charge < -0.3 is 5.73 Å². The first kappa shape index (κ1) is 15.1. The molecule has 0 bridgehead atoms. The summed E-state index contributed by atoms with van der Waals surface area (Å²) in [5, 5.41) is 1.74. The Morgan fingerprint density at radius 3 is 2.32 bits per heavy atom. The molecule has 2 rings (SSSR count). The quantitative estimate of drug-likeness (QED) is 0.732. The molecule has 1 unspecified atom stereocenters. The van der Waals surface area contributed by atoms with E-state index in [1.165, 1.54) is 0 Å². The zero-order valence-electron chi connectivity index (χ0n) is 9.84. The van der Waals surface area contributed by atoms with Crippen molar-refractivity contribution in [1.29, 1.82) is 0 Å². The summed E-state index contributed by atoms with van der Waals surface area (Å²) in [5.74, 6) is 0. The number of hydrogen-bond acceptors (Lipinski definition) is 1. The third-order valence-electron chi connectivity index (χ3n) is 2.83. The average Bonchev–Trinajstić information content (AvgIpc) is 2.36. The lowest BCUT2D eigenvalue weighted by Gasteiger charge is -2.14. The Labute approximate surface area is 135 Å². The molecule has 0 amide bonds. The van der Waals surface area contributed by atoms with Gasteiger partial charge >= 0.3 is 0 Å². The molecular weight excluding hydrogens is 368 g/mol. The Balaban J connectivity index is 2.20. The zero-order valence-corrected chi connectivity index (χ0v) is 13.7. The molecule has 5 heteroatoms. The van der Waals surface area contributed by atoms with Gasteiger partial charge in [0.25, 0.3) is 0 Å². The molecule has 0 fully saturated rings. The van der Waals surface area contributed by atoms with Crippen LogP contribution in [0.25, 0.3) is 0 Å². The molecule has 0 aromatic heterocycles. The van der Waals surface area contributed by atoms with Crippen molar-refractivity contribution in [2.24, 2.45) is 5.73 Å². The second kappa shape index (κ2) is 6.47. The highest BCUT2D eigenvalue weighted by Crippen LogP contribution is 2.28. The van der Waals surface area contributed by atoms with E-state index < -0.39 is 0 Å². The summed E-state index contributed by atoms with van der Waals surface area (Å²) in [6.45, 7) is 0. The van der Waals surface area contributed by atoms with Crippen molar-refractivity contribution in [3.63, 3.8) is 0 Å². The number of rotatable bonds is 3. The van der Waals surface area contributed by atoms with Crippen molar-refractivity contribution in [3.8, 4) is 0 Å². The topological polar surface area (TPSA) is 26.0 Å². The monoisotopic (exact) mass is 377 g/mol. The number of nitrogens with two attached hydrogens (primary N) is 1. The minimum Gasteiger partial charge on any atom is -0.324 e. The molecular formula is C14H11BrCl3N. The van der Waals surface area contributed by atoms with Crippen LogP contribution < -0.4 is 5.73 Å². The van der Waals surface area contributed by atoms with Crippen LogP contribution in [-0.2, 0) is 6.42 Å². The maximum atomic E-state index is 6.18. The molecule has 1 atom stereocenters. The largest absolute Gasteiger partial charge is 0.324 e. The molecule has 0 aliphatic rings. The van der Waals surface area contributed by atoms with Gasteiger partial charge in [-0.15, -0.1) is 0 Å². The molecule has 2 aromatic rings. The van der Waals surface area contributed by atoms with Crippen molar-refractivity contribution in [3.05, 3.63) is 67.1 Å². The van der Waals surface area contributed by atoms with Gasteiger partial charge in [-0.1, -0.05) is 62.9 Å². The van der Waals surface area contributed by atoms with Gasteiger partial charge in [0.15, 0.2) is 0 Å². The highest BCUT2D eigenvalue weighted by atomic mass is 79.9. The third kappa shape index (κ3) is 3.87. The highest BCUT2D eigenvalue weighted by molar-refractivity contribution is 9.10. The van der Waals surface area contributed by atoms with E-state index in [1.807, 2.05) is 24.3 Å². The molecule has 2 aromatic carbocycles. The van der Waals surface area contributed by atoms with Crippen LogP contribution in [0, 0.1) is 0 Å². The van der Waals surface area contributed by atoms with Crippen LogP contribution in [0.1, 0.15) is 17.2 Å². The fourth-order valence-electron chi connectivity index (χ4n) is 1.79. The van der Waals surface area contributed by atoms with Crippen molar-refractivity contribution >= 4 is 50.7 Å². The van der Waals surface area contributed by atoms with Gasteiger partial charge in [0.2, 0.25) is 0 Å². The fraction of sp³-hybridized carbons (Fsp3) is 0.143. The van der Waals surface area contributed by atoms with E-state index in [9.17, 15) is 0 Å². The van der Waals surface area contributed by atoms with Gasteiger partial charge in [0, 0.05) is 15.5 Å². The summed E-state index contributed by atoms with van der Waals surface area (Å²) in [6.07, 6.45) is 0.643. The third-order valence-corrected chi connectivity index (χ3v) is 4.41. The van der Waals surface area contributed by atoms with Crippen LogP contribution in [-0.4, -0.2) is 0 Å².